The Labute approximate surface area is 216 Å². The van der Waals surface area contributed by atoms with Crippen LogP contribution in [-0.2, 0) is 10.9 Å². The Kier molecular flexibility index (Phi) is 6.54. The molecule has 2 aromatic carbocycles. The van der Waals surface area contributed by atoms with E-state index in [1.54, 1.807) is 35.0 Å². The summed E-state index contributed by atoms with van der Waals surface area (Å²) in [6, 6.07) is 19.4. The number of carbonyl (C=O) groups is 1. The Morgan fingerprint density at radius 2 is 1.79 bits per heavy atom. The van der Waals surface area contributed by atoms with E-state index >= 15 is 0 Å². The molecule has 192 valence electrons. The number of esters is 1. The summed E-state index contributed by atoms with van der Waals surface area (Å²) in [6.07, 6.45) is -1.31. The zero-order valence-electron chi connectivity index (χ0n) is 20.4. The van der Waals surface area contributed by atoms with Gasteiger partial charge >= 0.3 is 12.1 Å². The minimum Gasteiger partial charge on any atom is -0.465 e. The van der Waals surface area contributed by atoms with Gasteiger partial charge in [-0.15, -0.1) is 0 Å². The molecule has 10 heteroatoms. The molecule has 0 radical (unpaired) electrons. The molecule has 5 aromatic rings. The summed E-state index contributed by atoms with van der Waals surface area (Å²) in [5, 5.41) is 3.26. The first-order valence-electron chi connectivity index (χ1n) is 11.7. The van der Waals surface area contributed by atoms with Crippen LogP contribution in [0.4, 0.5) is 19.1 Å². The highest BCUT2D eigenvalue weighted by molar-refractivity contribution is 5.97. The molecule has 0 unspecified atom stereocenters. The average Bonchev–Trinajstić information content (AvgIpc) is 3.33. The number of halogens is 3. The van der Waals surface area contributed by atoms with Crippen LogP contribution < -0.4 is 5.32 Å². The maximum atomic E-state index is 13.5. The predicted molar refractivity (Wildman–Crippen MR) is 136 cm³/mol. The zero-order chi connectivity index (χ0) is 26.9. The van der Waals surface area contributed by atoms with Crippen molar-refractivity contribution in [2.75, 3.05) is 12.4 Å². The minimum absolute atomic E-state index is 0.109. The Hall–Kier alpha value is -4.73. The van der Waals surface area contributed by atoms with Crippen LogP contribution in [0, 0.1) is 0 Å². The molecule has 1 N–H and O–H groups in total. The summed E-state index contributed by atoms with van der Waals surface area (Å²) >= 11 is 0. The first-order valence-corrected chi connectivity index (χ1v) is 11.7. The lowest BCUT2D eigenvalue weighted by atomic mass is 10.0. The quantitative estimate of drug-likeness (QED) is 0.261. The third kappa shape index (κ3) is 4.80. The molecule has 0 saturated heterocycles. The molecule has 0 amide bonds. The fraction of sp³-hybridized carbons (Fsp3) is 0.143. The number of carbonyl (C=O) groups excluding carboxylic acids is 1. The van der Waals surface area contributed by atoms with E-state index in [-0.39, 0.29) is 28.5 Å². The van der Waals surface area contributed by atoms with Crippen molar-refractivity contribution in [2.24, 2.45) is 0 Å². The number of fused-ring (bicyclic) bond motifs is 1. The number of pyridine rings is 1. The van der Waals surface area contributed by atoms with E-state index in [9.17, 15) is 18.0 Å². The SMILES string of the molecule is COC(=O)c1cccn2c(-c3ccnc(N[C@@H](C)c4ccccc4)n3)c(-c3cccc(C(F)(F)F)c3)nc12. The molecule has 0 bridgehead atoms. The number of nitrogens with zero attached hydrogens (tertiary/aromatic N) is 4. The van der Waals surface area contributed by atoms with Crippen molar-refractivity contribution in [2.45, 2.75) is 19.1 Å². The van der Waals surface area contributed by atoms with Crippen LogP contribution in [0.2, 0.25) is 0 Å². The largest absolute Gasteiger partial charge is 0.465 e. The smallest absolute Gasteiger partial charge is 0.416 e. The second kappa shape index (κ2) is 9.97. The Balaban J connectivity index is 1.68. The third-order valence-electron chi connectivity index (χ3n) is 6.06. The van der Waals surface area contributed by atoms with Crippen LogP contribution >= 0.6 is 0 Å². The lowest BCUT2D eigenvalue weighted by Crippen LogP contribution is -2.10. The van der Waals surface area contributed by atoms with Gasteiger partial charge in [0.25, 0.3) is 0 Å². The number of anilines is 1. The zero-order valence-corrected chi connectivity index (χ0v) is 20.4. The van der Waals surface area contributed by atoms with Gasteiger partial charge in [0.05, 0.1) is 35.8 Å². The van der Waals surface area contributed by atoms with Crippen molar-refractivity contribution in [1.29, 1.82) is 0 Å². The molecule has 0 spiro atoms. The lowest BCUT2D eigenvalue weighted by molar-refractivity contribution is -0.137. The van der Waals surface area contributed by atoms with Gasteiger partial charge < -0.3 is 10.1 Å². The number of hydrogen-bond acceptors (Lipinski definition) is 6. The van der Waals surface area contributed by atoms with Gasteiger partial charge in [-0.25, -0.2) is 19.7 Å². The number of ether oxygens (including phenoxy) is 1. The average molecular weight is 518 g/mol. The van der Waals surface area contributed by atoms with Gasteiger partial charge in [-0.2, -0.15) is 13.2 Å². The highest BCUT2D eigenvalue weighted by Gasteiger charge is 2.31. The van der Waals surface area contributed by atoms with Crippen molar-refractivity contribution < 1.29 is 22.7 Å². The van der Waals surface area contributed by atoms with Crippen molar-refractivity contribution in [3.8, 4) is 22.6 Å². The normalized spacial score (nSPS) is 12.3. The van der Waals surface area contributed by atoms with Gasteiger partial charge in [0, 0.05) is 18.0 Å². The van der Waals surface area contributed by atoms with E-state index in [1.807, 2.05) is 37.3 Å². The van der Waals surface area contributed by atoms with Gasteiger partial charge in [0.15, 0.2) is 5.65 Å². The van der Waals surface area contributed by atoms with E-state index < -0.39 is 17.7 Å². The van der Waals surface area contributed by atoms with Crippen LogP contribution in [0.25, 0.3) is 28.3 Å². The van der Waals surface area contributed by atoms with E-state index in [0.29, 0.717) is 17.3 Å². The highest BCUT2D eigenvalue weighted by Crippen LogP contribution is 2.37. The fourth-order valence-electron chi connectivity index (χ4n) is 4.20. The molecular weight excluding hydrogens is 495 g/mol. The number of aromatic nitrogens is 4. The van der Waals surface area contributed by atoms with Crippen molar-refractivity contribution in [1.82, 2.24) is 19.4 Å². The maximum absolute atomic E-state index is 13.5. The molecule has 0 fully saturated rings. The molecule has 3 heterocycles. The predicted octanol–water partition coefficient (Wildman–Crippen LogP) is 6.44. The summed E-state index contributed by atoms with van der Waals surface area (Å²) in [4.78, 5) is 26.0. The van der Waals surface area contributed by atoms with Gasteiger partial charge in [0.1, 0.15) is 5.56 Å². The van der Waals surface area contributed by atoms with Crippen LogP contribution in [0.15, 0.2) is 85.2 Å². The summed E-state index contributed by atoms with van der Waals surface area (Å²) < 4.78 is 47.1. The third-order valence-corrected chi connectivity index (χ3v) is 6.06. The topological polar surface area (TPSA) is 81.4 Å². The van der Waals surface area contributed by atoms with Gasteiger partial charge in [0.2, 0.25) is 5.95 Å². The number of rotatable bonds is 6. The van der Waals surface area contributed by atoms with Crippen LogP contribution in [0.1, 0.15) is 34.5 Å². The Bertz CT molecular complexity index is 1620. The van der Waals surface area contributed by atoms with Crippen molar-refractivity contribution in [3.05, 3.63) is 102 Å². The maximum Gasteiger partial charge on any atom is 0.416 e. The number of hydrogen-bond donors (Lipinski definition) is 1. The molecular formula is C28H22F3N5O2. The van der Waals surface area contributed by atoms with Gasteiger partial charge in [-0.05, 0) is 42.8 Å². The summed E-state index contributed by atoms with van der Waals surface area (Å²) in [6.45, 7) is 1.97. The van der Waals surface area contributed by atoms with E-state index in [0.717, 1.165) is 17.7 Å². The van der Waals surface area contributed by atoms with Crippen molar-refractivity contribution >= 4 is 17.6 Å². The number of alkyl halides is 3. The molecule has 7 nitrogen and oxygen atoms in total. The van der Waals surface area contributed by atoms with Gasteiger partial charge in [-0.1, -0.05) is 42.5 Å². The number of methoxy groups -OCH3 is 1. The van der Waals surface area contributed by atoms with Crippen LogP contribution in [-0.4, -0.2) is 32.4 Å². The Morgan fingerprint density at radius 1 is 1.00 bits per heavy atom. The first kappa shape index (κ1) is 24.9. The van der Waals surface area contributed by atoms with Crippen molar-refractivity contribution in [3.63, 3.8) is 0 Å². The number of imidazole rings is 1. The standard InChI is InChI=1S/C28H22F3N5O2/c1-17(18-8-4-3-5-9-18)33-27-32-14-13-22(34-27)24-23(19-10-6-11-20(16-19)28(29,30)31)35-25-21(26(37)38-2)12-7-15-36(24)25/h3-17H,1-2H3,(H,32,33,34)/t17-/m0/s1. The second-order valence-corrected chi connectivity index (χ2v) is 8.54. The molecule has 3 aromatic heterocycles. The molecule has 38 heavy (non-hydrogen) atoms. The fourth-order valence-corrected chi connectivity index (χ4v) is 4.20. The highest BCUT2D eigenvalue weighted by atomic mass is 19.4. The van der Waals surface area contributed by atoms with E-state index in [1.165, 1.54) is 19.2 Å². The van der Waals surface area contributed by atoms with Crippen LogP contribution in [0.3, 0.4) is 0 Å². The number of nitrogens with one attached hydrogen (secondary N) is 1. The molecule has 1 atom stereocenters. The minimum atomic E-state index is -4.54. The monoisotopic (exact) mass is 517 g/mol. The summed E-state index contributed by atoms with van der Waals surface area (Å²) in [5.74, 6) is -0.294. The van der Waals surface area contributed by atoms with Gasteiger partial charge in [-0.3, -0.25) is 4.40 Å². The molecule has 0 saturated carbocycles. The summed E-state index contributed by atoms with van der Waals surface area (Å²) in [5.41, 5.74) is 1.88. The lowest BCUT2D eigenvalue weighted by Gasteiger charge is -2.15. The molecule has 0 aliphatic carbocycles. The molecule has 0 aliphatic rings. The summed E-state index contributed by atoms with van der Waals surface area (Å²) in [7, 11) is 1.25. The second-order valence-electron chi connectivity index (χ2n) is 8.54. The molecule has 0 aliphatic heterocycles. The number of benzene rings is 2. The van der Waals surface area contributed by atoms with Crippen LogP contribution in [0.5, 0.6) is 0 Å². The van der Waals surface area contributed by atoms with E-state index in [4.69, 9.17) is 4.74 Å². The van der Waals surface area contributed by atoms with E-state index in [2.05, 4.69) is 20.3 Å². The first-order chi connectivity index (χ1) is 18.3. The molecule has 5 rings (SSSR count). The Morgan fingerprint density at radius 3 is 2.53 bits per heavy atom.